The van der Waals surface area contributed by atoms with Crippen molar-refractivity contribution in [2.45, 2.75) is 50.4 Å². The number of nitrogens with one attached hydrogen (secondary N) is 1. The highest BCUT2D eigenvalue weighted by Gasteiger charge is 2.55. The highest BCUT2D eigenvalue weighted by Crippen LogP contribution is 2.49. The third-order valence-electron chi connectivity index (χ3n) is 7.27. The van der Waals surface area contributed by atoms with E-state index in [4.69, 9.17) is 4.74 Å². The summed E-state index contributed by atoms with van der Waals surface area (Å²) in [6.07, 6.45) is 4.56. The fourth-order valence-electron chi connectivity index (χ4n) is 5.38. The van der Waals surface area contributed by atoms with Crippen LogP contribution >= 0.6 is 0 Å². The lowest BCUT2D eigenvalue weighted by Crippen LogP contribution is -2.60. The van der Waals surface area contributed by atoms with Crippen LogP contribution in [-0.2, 0) is 0 Å². The number of hydrogen-bond acceptors (Lipinski definition) is 7. The van der Waals surface area contributed by atoms with Crippen LogP contribution < -0.4 is 10.1 Å². The van der Waals surface area contributed by atoms with Gasteiger partial charge in [0.2, 0.25) is 5.88 Å². The number of benzene rings is 1. The summed E-state index contributed by atoms with van der Waals surface area (Å²) in [5.74, 6) is 0.464. The van der Waals surface area contributed by atoms with E-state index in [1.165, 1.54) is 0 Å². The smallest absolute Gasteiger partial charge is 0.213 e. The molecule has 2 aromatic heterocycles. The third-order valence-corrected chi connectivity index (χ3v) is 7.27. The number of ether oxygens (including phenoxy) is 1. The predicted octanol–water partition coefficient (Wildman–Crippen LogP) is 4.59. The molecule has 34 heavy (non-hydrogen) atoms. The zero-order chi connectivity index (χ0) is 24.1. The van der Waals surface area contributed by atoms with Gasteiger partial charge in [0.25, 0.3) is 0 Å². The Balaban J connectivity index is 1.37. The molecule has 0 spiro atoms. The molecule has 0 aliphatic carbocycles. The number of fused-ring (bicyclic) bond motifs is 2. The van der Waals surface area contributed by atoms with Crippen LogP contribution in [0.5, 0.6) is 11.6 Å². The molecule has 0 unspecified atom stereocenters. The zero-order valence-corrected chi connectivity index (χ0v) is 19.5. The number of phenolic OH excluding ortho intramolecular Hbond substituents is 1. The number of halogens is 1. The van der Waals surface area contributed by atoms with Crippen molar-refractivity contribution < 1.29 is 14.2 Å². The molecule has 3 aromatic rings. The lowest BCUT2D eigenvalue weighted by Gasteiger charge is -2.45. The van der Waals surface area contributed by atoms with Gasteiger partial charge >= 0.3 is 0 Å². The van der Waals surface area contributed by atoms with Gasteiger partial charge in [-0.25, -0.2) is 14.4 Å². The van der Waals surface area contributed by atoms with Gasteiger partial charge < -0.3 is 15.2 Å². The molecular formula is C26H28FN5O2. The number of pyridine rings is 1. The lowest BCUT2D eigenvalue weighted by atomic mass is 9.75. The van der Waals surface area contributed by atoms with Gasteiger partial charge in [-0.2, -0.15) is 0 Å². The zero-order valence-electron chi connectivity index (χ0n) is 19.5. The van der Waals surface area contributed by atoms with Crippen LogP contribution in [0.4, 0.5) is 4.39 Å². The molecule has 176 valence electrons. The SMILES string of the molecule is C=C(c1cnc(-c2ccc(-c3ccnc(OC)c3)cc2O)nn1)[C@@H]1C[C@@]2(C)CC[C@](C)(N2)[C@@H]1F. The number of alkyl halides is 1. The molecule has 2 aliphatic heterocycles. The number of aromatic hydroxyl groups is 1. The van der Waals surface area contributed by atoms with Crippen LogP contribution in [0.1, 0.15) is 38.8 Å². The molecule has 0 saturated carbocycles. The van der Waals surface area contributed by atoms with Gasteiger partial charge in [0.05, 0.1) is 18.9 Å². The first-order chi connectivity index (χ1) is 16.2. The van der Waals surface area contributed by atoms with E-state index in [0.717, 1.165) is 24.0 Å². The summed E-state index contributed by atoms with van der Waals surface area (Å²) in [4.78, 5) is 8.51. The van der Waals surface area contributed by atoms with Gasteiger partial charge in [0.15, 0.2) is 5.82 Å². The van der Waals surface area contributed by atoms with Crippen LogP contribution in [0.2, 0.25) is 0 Å². The second-order valence-electron chi connectivity index (χ2n) is 9.83. The topological polar surface area (TPSA) is 93.1 Å². The van der Waals surface area contributed by atoms with Crippen LogP contribution in [0, 0.1) is 5.92 Å². The minimum atomic E-state index is -1.06. The van der Waals surface area contributed by atoms with Gasteiger partial charge in [-0.05, 0) is 68.0 Å². The molecule has 1 aromatic carbocycles. The highest BCUT2D eigenvalue weighted by molar-refractivity contribution is 5.73. The van der Waals surface area contributed by atoms with E-state index >= 15 is 4.39 Å². The van der Waals surface area contributed by atoms with E-state index in [1.54, 1.807) is 37.7 Å². The van der Waals surface area contributed by atoms with Crippen molar-refractivity contribution in [3.63, 3.8) is 0 Å². The molecular weight excluding hydrogens is 433 g/mol. The summed E-state index contributed by atoms with van der Waals surface area (Å²) in [5, 5.41) is 22.6. The molecule has 8 heteroatoms. The van der Waals surface area contributed by atoms with Crippen molar-refractivity contribution in [3.05, 3.63) is 55.0 Å². The monoisotopic (exact) mass is 461 g/mol. The maximum Gasteiger partial charge on any atom is 0.213 e. The maximum atomic E-state index is 15.4. The molecule has 4 heterocycles. The van der Waals surface area contributed by atoms with Gasteiger partial charge in [0.1, 0.15) is 17.6 Å². The molecule has 5 rings (SSSR count). The van der Waals surface area contributed by atoms with Gasteiger partial charge in [-0.3, -0.25) is 0 Å². The van der Waals surface area contributed by atoms with Crippen LogP contribution in [0.25, 0.3) is 28.1 Å². The lowest BCUT2D eigenvalue weighted by molar-refractivity contribution is 0.0770. The van der Waals surface area contributed by atoms with Crippen LogP contribution in [0.15, 0.2) is 49.3 Å². The summed E-state index contributed by atoms with van der Waals surface area (Å²) in [6.45, 7) is 8.26. The minimum Gasteiger partial charge on any atom is -0.507 e. The highest BCUT2D eigenvalue weighted by atomic mass is 19.1. The van der Waals surface area contributed by atoms with E-state index in [-0.39, 0.29) is 23.0 Å². The van der Waals surface area contributed by atoms with Crippen LogP contribution in [-0.4, -0.2) is 49.6 Å². The Hall–Kier alpha value is -3.39. The first-order valence-electron chi connectivity index (χ1n) is 11.4. The summed E-state index contributed by atoms with van der Waals surface area (Å²) >= 11 is 0. The Morgan fingerprint density at radius 2 is 1.94 bits per heavy atom. The number of methoxy groups -OCH3 is 1. The number of aromatic nitrogens is 4. The number of piperidine rings is 1. The second-order valence-corrected chi connectivity index (χ2v) is 9.83. The van der Waals surface area contributed by atoms with Crippen molar-refractivity contribution >= 4 is 5.57 Å². The summed E-state index contributed by atoms with van der Waals surface area (Å²) in [6, 6.07) is 8.87. The Morgan fingerprint density at radius 1 is 1.15 bits per heavy atom. The third kappa shape index (κ3) is 3.81. The van der Waals surface area contributed by atoms with E-state index in [2.05, 4.69) is 39.0 Å². The Labute approximate surface area is 198 Å². The van der Waals surface area contributed by atoms with Crippen molar-refractivity contribution in [2.24, 2.45) is 5.92 Å². The standard InChI is InChI=1S/C26H28FN5O2/c1-15(19-13-25(2)8-9-26(3,32-25)23(19)27)20-14-29-24(31-30-20)18-6-5-16(11-21(18)33)17-7-10-28-22(12-17)34-4/h5-7,10-12,14,19,23,32-33H,1,8-9,13H2,2-4H3/t19-,23+,25+,26-/m0/s1. The number of phenols is 1. The van der Waals surface area contributed by atoms with Gasteiger partial charge in [-0.1, -0.05) is 12.6 Å². The molecule has 2 bridgehead atoms. The predicted molar refractivity (Wildman–Crippen MR) is 128 cm³/mol. The normalized spacial score (nSPS) is 28.0. The van der Waals surface area contributed by atoms with Gasteiger partial charge in [0, 0.05) is 29.3 Å². The Kier molecular flexibility index (Phi) is 5.36. The number of allylic oxidation sites excluding steroid dienone is 1. The molecule has 0 amide bonds. The fourth-order valence-corrected chi connectivity index (χ4v) is 5.38. The van der Waals surface area contributed by atoms with E-state index in [0.29, 0.717) is 29.1 Å². The van der Waals surface area contributed by atoms with Gasteiger partial charge in [-0.15, -0.1) is 10.2 Å². The Bertz CT molecular complexity index is 1250. The largest absolute Gasteiger partial charge is 0.507 e. The molecule has 2 N–H and O–H groups in total. The fraction of sp³-hybridized carbons (Fsp3) is 0.385. The van der Waals surface area contributed by atoms with Crippen LogP contribution in [0.3, 0.4) is 0 Å². The first kappa shape index (κ1) is 22.4. The summed E-state index contributed by atoms with van der Waals surface area (Å²) < 4.78 is 20.6. The Morgan fingerprint density at radius 3 is 2.65 bits per heavy atom. The molecule has 7 nitrogen and oxygen atoms in total. The van der Waals surface area contributed by atoms with Crippen molar-refractivity contribution in [2.75, 3.05) is 7.11 Å². The average Bonchev–Trinajstić information content (AvgIpc) is 3.12. The number of rotatable bonds is 5. The summed E-state index contributed by atoms with van der Waals surface area (Å²) in [7, 11) is 1.55. The molecule has 0 radical (unpaired) electrons. The number of nitrogens with zero attached hydrogens (tertiary/aromatic N) is 4. The average molecular weight is 462 g/mol. The molecule has 4 atom stereocenters. The van der Waals surface area contributed by atoms with Crippen molar-refractivity contribution in [1.29, 1.82) is 0 Å². The minimum absolute atomic E-state index is 0.0289. The first-order valence-corrected chi connectivity index (χ1v) is 11.4. The van der Waals surface area contributed by atoms with Crippen molar-refractivity contribution in [3.8, 4) is 34.1 Å². The van der Waals surface area contributed by atoms with E-state index < -0.39 is 11.7 Å². The maximum absolute atomic E-state index is 15.4. The van der Waals surface area contributed by atoms with E-state index in [1.807, 2.05) is 19.1 Å². The molecule has 2 aliphatic rings. The van der Waals surface area contributed by atoms with E-state index in [9.17, 15) is 5.11 Å². The second kappa shape index (κ2) is 8.13. The molecule has 2 saturated heterocycles. The number of hydrogen-bond donors (Lipinski definition) is 2. The van der Waals surface area contributed by atoms with Crippen molar-refractivity contribution in [1.82, 2.24) is 25.5 Å². The summed E-state index contributed by atoms with van der Waals surface area (Å²) in [5.41, 5.74) is 2.56. The molecule has 2 fully saturated rings. The quantitative estimate of drug-likeness (QED) is 0.574.